The lowest BCUT2D eigenvalue weighted by molar-refractivity contribution is -0.122. The predicted octanol–water partition coefficient (Wildman–Crippen LogP) is 1.70. The van der Waals surface area contributed by atoms with Gasteiger partial charge in [-0.2, -0.15) is 0 Å². The molecule has 1 aromatic rings. The summed E-state index contributed by atoms with van der Waals surface area (Å²) in [6.45, 7) is 6.26. The van der Waals surface area contributed by atoms with Gasteiger partial charge >= 0.3 is 0 Å². The minimum atomic E-state index is 0.0783. The van der Waals surface area contributed by atoms with E-state index in [1.54, 1.807) is 0 Å². The molecule has 0 radical (unpaired) electrons. The van der Waals surface area contributed by atoms with Gasteiger partial charge in [0.15, 0.2) is 0 Å². The average molecular weight is 293 g/mol. The summed E-state index contributed by atoms with van der Waals surface area (Å²) in [5.74, 6) is 0.594. The molecule has 2 N–H and O–H groups in total. The van der Waals surface area contributed by atoms with Gasteiger partial charge in [0.2, 0.25) is 5.91 Å². The molecule has 1 amide bonds. The van der Waals surface area contributed by atoms with E-state index in [0.29, 0.717) is 18.5 Å². The number of ether oxygens (including phenoxy) is 1. The van der Waals surface area contributed by atoms with E-state index in [2.05, 4.69) is 36.7 Å². The molecule has 1 fully saturated rings. The summed E-state index contributed by atoms with van der Waals surface area (Å²) in [5.41, 5.74) is 1.23. The molecule has 0 bridgehead atoms. The molecule has 1 unspecified atom stereocenters. The van der Waals surface area contributed by atoms with Gasteiger partial charge in [-0.15, -0.1) is 0 Å². The van der Waals surface area contributed by atoms with Gasteiger partial charge in [-0.05, 0) is 37.4 Å². The zero-order valence-corrected chi connectivity index (χ0v) is 13.3. The molecule has 1 atom stereocenters. The second-order valence-electron chi connectivity index (χ2n) is 6.08. The van der Waals surface area contributed by atoms with Crippen molar-refractivity contribution >= 4 is 5.91 Å². The molecule has 5 heteroatoms. The highest BCUT2D eigenvalue weighted by molar-refractivity contribution is 5.76. The Bertz CT molecular complexity index is 450. The molecule has 2 heterocycles. The third-order valence-corrected chi connectivity index (χ3v) is 4.02. The summed E-state index contributed by atoms with van der Waals surface area (Å²) >= 11 is 0. The number of aromatic nitrogens is 1. The van der Waals surface area contributed by atoms with Crippen LogP contribution in [0, 0.1) is 5.92 Å². The predicted molar refractivity (Wildman–Crippen MR) is 83.1 cm³/mol. The molecule has 0 spiro atoms. The maximum Gasteiger partial charge on any atom is 0.240 e. The number of carbonyl (C=O) groups is 1. The quantitative estimate of drug-likeness (QED) is 0.839. The van der Waals surface area contributed by atoms with Crippen molar-refractivity contribution in [2.75, 3.05) is 20.3 Å². The number of amides is 1. The highest BCUT2D eigenvalue weighted by atomic mass is 16.5. The molecule has 1 aliphatic heterocycles. The topological polar surface area (TPSA) is 55.3 Å². The molecule has 0 aliphatic carbocycles. The van der Waals surface area contributed by atoms with Gasteiger partial charge in [-0.25, -0.2) is 0 Å². The summed E-state index contributed by atoms with van der Waals surface area (Å²) in [5, 5.41) is 6.41. The van der Waals surface area contributed by atoms with Gasteiger partial charge in [0.1, 0.15) is 6.54 Å². The maximum absolute atomic E-state index is 12.1. The van der Waals surface area contributed by atoms with Crippen molar-refractivity contribution in [2.45, 2.75) is 45.3 Å². The van der Waals surface area contributed by atoms with Crippen molar-refractivity contribution in [3.05, 3.63) is 24.0 Å². The first kappa shape index (κ1) is 16.0. The Balaban J connectivity index is 1.87. The zero-order valence-electron chi connectivity index (χ0n) is 13.3. The highest BCUT2D eigenvalue weighted by Crippen LogP contribution is 2.21. The fourth-order valence-electron chi connectivity index (χ4n) is 2.91. The van der Waals surface area contributed by atoms with Crippen LogP contribution in [0.5, 0.6) is 0 Å². The fraction of sp³-hybridized carbons (Fsp3) is 0.688. The normalized spacial score (nSPS) is 17.9. The van der Waals surface area contributed by atoms with Crippen LogP contribution in [0.3, 0.4) is 0 Å². The van der Waals surface area contributed by atoms with Crippen LogP contribution in [0.15, 0.2) is 18.5 Å². The standard InChI is InChI=1S/C16H27N3O2/c1-12(2)16(17-3)13-4-7-19(10-13)11-15(20)18-14-5-8-21-9-6-14/h4,7,10,12,14,16-17H,5-6,8-9,11H2,1-3H3,(H,18,20). The van der Waals surface area contributed by atoms with Crippen molar-refractivity contribution in [2.24, 2.45) is 5.92 Å². The second kappa shape index (κ2) is 7.61. The Hall–Kier alpha value is -1.33. The molecule has 21 heavy (non-hydrogen) atoms. The Morgan fingerprint density at radius 3 is 2.76 bits per heavy atom. The van der Waals surface area contributed by atoms with Crippen LogP contribution in [0.2, 0.25) is 0 Å². The molecule has 2 rings (SSSR count). The van der Waals surface area contributed by atoms with Crippen molar-refractivity contribution in [1.82, 2.24) is 15.2 Å². The van der Waals surface area contributed by atoms with Crippen molar-refractivity contribution < 1.29 is 9.53 Å². The van der Waals surface area contributed by atoms with Gasteiger partial charge in [-0.1, -0.05) is 13.8 Å². The largest absolute Gasteiger partial charge is 0.381 e. The molecule has 118 valence electrons. The first-order valence-corrected chi connectivity index (χ1v) is 7.80. The van der Waals surface area contributed by atoms with Crippen LogP contribution in [0.4, 0.5) is 0 Å². The van der Waals surface area contributed by atoms with Crippen molar-refractivity contribution in [3.8, 4) is 0 Å². The van der Waals surface area contributed by atoms with E-state index in [-0.39, 0.29) is 11.9 Å². The smallest absolute Gasteiger partial charge is 0.240 e. The van der Waals surface area contributed by atoms with Gasteiger partial charge in [0.05, 0.1) is 0 Å². The van der Waals surface area contributed by atoms with Crippen LogP contribution >= 0.6 is 0 Å². The summed E-state index contributed by atoms with van der Waals surface area (Å²) in [6.07, 6.45) is 5.87. The van der Waals surface area contributed by atoms with Gasteiger partial charge in [0.25, 0.3) is 0 Å². The summed E-state index contributed by atoms with van der Waals surface area (Å²) in [6, 6.07) is 2.68. The van der Waals surface area contributed by atoms with Crippen LogP contribution in [-0.4, -0.2) is 36.8 Å². The number of carbonyl (C=O) groups excluding carboxylic acids is 1. The summed E-state index contributed by atoms with van der Waals surface area (Å²) in [7, 11) is 1.97. The molecule has 0 aromatic carbocycles. The van der Waals surface area contributed by atoms with E-state index < -0.39 is 0 Å². The summed E-state index contributed by atoms with van der Waals surface area (Å²) in [4.78, 5) is 12.1. The maximum atomic E-state index is 12.1. The Morgan fingerprint density at radius 1 is 1.43 bits per heavy atom. The third kappa shape index (κ3) is 4.58. The Labute approximate surface area is 127 Å². The lowest BCUT2D eigenvalue weighted by atomic mass is 9.99. The van der Waals surface area contributed by atoms with E-state index in [4.69, 9.17) is 4.74 Å². The lowest BCUT2D eigenvalue weighted by Crippen LogP contribution is -2.40. The van der Waals surface area contributed by atoms with Crippen LogP contribution in [0.25, 0.3) is 0 Å². The van der Waals surface area contributed by atoms with Crippen LogP contribution < -0.4 is 10.6 Å². The molecule has 5 nitrogen and oxygen atoms in total. The number of hydrogen-bond acceptors (Lipinski definition) is 3. The second-order valence-corrected chi connectivity index (χ2v) is 6.08. The van der Waals surface area contributed by atoms with Crippen molar-refractivity contribution in [1.29, 1.82) is 0 Å². The van der Waals surface area contributed by atoms with E-state index in [9.17, 15) is 4.79 Å². The van der Waals surface area contributed by atoms with E-state index in [1.807, 2.05) is 17.8 Å². The van der Waals surface area contributed by atoms with E-state index in [1.165, 1.54) is 5.56 Å². The molecule has 0 saturated carbocycles. The average Bonchev–Trinajstić information content (AvgIpc) is 2.88. The number of nitrogens with one attached hydrogen (secondary N) is 2. The van der Waals surface area contributed by atoms with Gasteiger partial charge < -0.3 is 19.9 Å². The third-order valence-electron chi connectivity index (χ3n) is 4.02. The SMILES string of the molecule is CNC(c1ccn(CC(=O)NC2CCOCC2)c1)C(C)C. The fourth-order valence-corrected chi connectivity index (χ4v) is 2.91. The molecule has 1 saturated heterocycles. The number of hydrogen-bond donors (Lipinski definition) is 2. The number of nitrogens with zero attached hydrogens (tertiary/aromatic N) is 1. The Kier molecular flexibility index (Phi) is 5.82. The molecule has 1 aromatic heterocycles. The highest BCUT2D eigenvalue weighted by Gasteiger charge is 2.17. The van der Waals surface area contributed by atoms with Gasteiger partial charge in [-0.3, -0.25) is 4.79 Å². The summed E-state index contributed by atoms with van der Waals surface area (Å²) < 4.78 is 7.26. The van der Waals surface area contributed by atoms with Crippen LogP contribution in [-0.2, 0) is 16.1 Å². The minimum absolute atomic E-state index is 0.0783. The molecular formula is C16H27N3O2. The van der Waals surface area contributed by atoms with Crippen molar-refractivity contribution in [3.63, 3.8) is 0 Å². The van der Waals surface area contributed by atoms with Crippen LogP contribution in [0.1, 0.15) is 38.3 Å². The first-order valence-electron chi connectivity index (χ1n) is 7.80. The number of rotatable bonds is 6. The Morgan fingerprint density at radius 2 is 2.14 bits per heavy atom. The molecular weight excluding hydrogens is 266 g/mol. The van der Waals surface area contributed by atoms with E-state index >= 15 is 0 Å². The zero-order chi connectivity index (χ0) is 15.2. The monoisotopic (exact) mass is 293 g/mol. The van der Waals surface area contributed by atoms with E-state index in [0.717, 1.165) is 26.1 Å². The molecule has 1 aliphatic rings. The lowest BCUT2D eigenvalue weighted by Gasteiger charge is -2.23. The minimum Gasteiger partial charge on any atom is -0.381 e. The first-order chi connectivity index (χ1) is 10.1. The van der Waals surface area contributed by atoms with Gasteiger partial charge in [0, 0.05) is 37.7 Å².